The maximum atomic E-state index is 13.4. The molecule has 0 unspecified atom stereocenters. The van der Waals surface area contributed by atoms with Crippen molar-refractivity contribution in [1.82, 2.24) is 20.1 Å². The number of para-hydroxylation sites is 1. The van der Waals surface area contributed by atoms with Gasteiger partial charge >= 0.3 is 6.18 Å². The summed E-state index contributed by atoms with van der Waals surface area (Å²) in [4.78, 5) is 26.0. The van der Waals surface area contributed by atoms with E-state index in [0.29, 0.717) is 53.6 Å². The molecule has 2 amide bonds. The van der Waals surface area contributed by atoms with Crippen molar-refractivity contribution in [1.29, 1.82) is 0 Å². The van der Waals surface area contributed by atoms with Gasteiger partial charge in [-0.2, -0.15) is 13.2 Å². The third-order valence-electron chi connectivity index (χ3n) is 6.18. The Morgan fingerprint density at radius 2 is 1.59 bits per heavy atom. The minimum atomic E-state index is -4.64. The van der Waals surface area contributed by atoms with Crippen LogP contribution >= 0.6 is 23.4 Å². The third-order valence-corrected chi connectivity index (χ3v) is 7.35. The molecule has 0 atom stereocenters. The van der Waals surface area contributed by atoms with Gasteiger partial charge in [0.2, 0.25) is 11.7 Å². The van der Waals surface area contributed by atoms with Gasteiger partial charge in [0.05, 0.1) is 49.1 Å². The van der Waals surface area contributed by atoms with Crippen LogP contribution in [-0.2, 0) is 17.5 Å². The van der Waals surface area contributed by atoms with Crippen molar-refractivity contribution < 1.29 is 37.0 Å². The molecule has 46 heavy (non-hydrogen) atoms. The number of halogens is 4. The largest absolute Gasteiger partial charge is 0.490 e. The Hall–Kier alpha value is -4.43. The van der Waals surface area contributed by atoms with Gasteiger partial charge in [-0.15, -0.1) is 10.2 Å². The topological polar surface area (TPSA) is 117 Å². The Kier molecular flexibility index (Phi) is 11.8. The van der Waals surface area contributed by atoms with Crippen LogP contribution in [0.1, 0.15) is 42.5 Å². The van der Waals surface area contributed by atoms with E-state index in [0.717, 1.165) is 17.8 Å². The zero-order valence-electron chi connectivity index (χ0n) is 25.1. The van der Waals surface area contributed by atoms with Crippen LogP contribution in [0.25, 0.3) is 5.69 Å². The summed E-state index contributed by atoms with van der Waals surface area (Å²) in [6.45, 7) is 6.42. The van der Waals surface area contributed by atoms with E-state index >= 15 is 0 Å². The minimum absolute atomic E-state index is 0.0782. The first kappa shape index (κ1) is 34.4. The second kappa shape index (κ2) is 15.7. The van der Waals surface area contributed by atoms with Crippen molar-refractivity contribution in [3.8, 4) is 22.9 Å². The molecule has 0 spiro atoms. The summed E-state index contributed by atoms with van der Waals surface area (Å²) in [5, 5.41) is 14.2. The number of rotatable bonds is 14. The number of nitrogens with zero attached hydrogens (tertiary/aromatic N) is 3. The van der Waals surface area contributed by atoms with Gasteiger partial charge in [-0.25, -0.2) is 0 Å². The number of aromatic nitrogens is 3. The number of amides is 2. The normalized spacial score (nSPS) is 11.2. The van der Waals surface area contributed by atoms with E-state index in [9.17, 15) is 22.8 Å². The Morgan fingerprint density at radius 3 is 2.22 bits per heavy atom. The molecule has 0 saturated heterocycles. The second-order valence-electron chi connectivity index (χ2n) is 9.38. The first-order valence-corrected chi connectivity index (χ1v) is 15.6. The number of hydrogen-bond donors (Lipinski definition) is 2. The van der Waals surface area contributed by atoms with Crippen molar-refractivity contribution in [2.75, 3.05) is 30.9 Å². The first-order valence-electron chi connectivity index (χ1n) is 14.2. The van der Waals surface area contributed by atoms with Crippen molar-refractivity contribution in [2.45, 2.75) is 38.6 Å². The molecule has 1 heterocycles. The van der Waals surface area contributed by atoms with Crippen LogP contribution in [0.15, 0.2) is 65.8 Å². The first-order chi connectivity index (χ1) is 22.0. The molecule has 10 nitrogen and oxygen atoms in total. The van der Waals surface area contributed by atoms with E-state index < -0.39 is 23.6 Å². The molecular formula is C31H31ClF3N5O5S. The number of thioether (sulfide) groups is 1. The zero-order valence-corrected chi connectivity index (χ0v) is 26.7. The van der Waals surface area contributed by atoms with Gasteiger partial charge in [0.25, 0.3) is 5.91 Å². The van der Waals surface area contributed by atoms with Gasteiger partial charge in [0.1, 0.15) is 0 Å². The van der Waals surface area contributed by atoms with Crippen LogP contribution in [0.5, 0.6) is 17.2 Å². The van der Waals surface area contributed by atoms with Crippen molar-refractivity contribution in [3.63, 3.8) is 0 Å². The molecule has 2 N–H and O–H groups in total. The highest BCUT2D eigenvalue weighted by atomic mass is 35.5. The molecule has 3 aromatic carbocycles. The number of benzene rings is 3. The van der Waals surface area contributed by atoms with Gasteiger partial charge < -0.3 is 24.8 Å². The maximum Gasteiger partial charge on any atom is 0.418 e. The zero-order chi connectivity index (χ0) is 33.3. The van der Waals surface area contributed by atoms with Crippen molar-refractivity contribution >= 4 is 40.9 Å². The number of hydrogen-bond acceptors (Lipinski definition) is 8. The summed E-state index contributed by atoms with van der Waals surface area (Å²) in [5.74, 6) is 0.0160. The standard InChI is InChI=1S/C31H31ClF3N5O5S/c1-4-43-24-14-19(15-25(44-5-2)28(24)45-6-3)29(42)36-17-26-38-39-30(40(26)21-11-9-10-20(32)16-21)46-18-27(41)37-23-13-8-7-12-22(23)31(33,34)35/h7-16H,4-6,17-18H2,1-3H3,(H,36,42)(H,37,41). The molecule has 15 heteroatoms. The summed E-state index contributed by atoms with van der Waals surface area (Å²) < 4.78 is 58.9. The fourth-order valence-electron chi connectivity index (χ4n) is 4.32. The molecule has 0 aliphatic carbocycles. The molecule has 0 radical (unpaired) electrons. The molecule has 0 saturated carbocycles. The van der Waals surface area contributed by atoms with Crippen LogP contribution in [0, 0.1) is 0 Å². The summed E-state index contributed by atoms with van der Waals surface area (Å²) in [5.41, 5.74) is -0.502. The maximum absolute atomic E-state index is 13.4. The number of carbonyl (C=O) groups is 2. The molecule has 0 bridgehead atoms. The molecule has 4 rings (SSSR count). The number of ether oxygens (including phenoxy) is 3. The number of carbonyl (C=O) groups excluding carboxylic acids is 2. The van der Waals surface area contributed by atoms with E-state index in [1.54, 1.807) is 41.0 Å². The number of nitrogens with one attached hydrogen (secondary N) is 2. The molecule has 0 aliphatic rings. The third kappa shape index (κ3) is 8.63. The van der Waals surface area contributed by atoms with Gasteiger partial charge in [-0.1, -0.05) is 41.6 Å². The predicted molar refractivity (Wildman–Crippen MR) is 168 cm³/mol. The van der Waals surface area contributed by atoms with Crippen LogP contribution in [0.4, 0.5) is 18.9 Å². The summed E-state index contributed by atoms with van der Waals surface area (Å²) >= 11 is 7.19. The van der Waals surface area contributed by atoms with E-state index in [2.05, 4.69) is 20.8 Å². The molecule has 1 aromatic heterocycles. The Balaban J connectivity index is 1.56. The molecule has 0 fully saturated rings. The lowest BCUT2D eigenvalue weighted by molar-refractivity contribution is -0.137. The van der Waals surface area contributed by atoms with Crippen LogP contribution in [-0.4, -0.2) is 52.2 Å². The number of anilines is 1. The van der Waals surface area contributed by atoms with Crippen molar-refractivity contribution in [3.05, 3.63) is 82.6 Å². The van der Waals surface area contributed by atoms with E-state index in [-0.39, 0.29) is 28.7 Å². The second-order valence-corrected chi connectivity index (χ2v) is 10.8. The summed E-state index contributed by atoms with van der Waals surface area (Å²) in [6.07, 6.45) is -4.64. The van der Waals surface area contributed by atoms with Crippen LogP contribution < -0.4 is 24.8 Å². The molecule has 244 valence electrons. The fourth-order valence-corrected chi connectivity index (χ4v) is 5.28. The Bertz CT molecular complexity index is 1660. The van der Waals surface area contributed by atoms with Crippen molar-refractivity contribution in [2.24, 2.45) is 0 Å². The van der Waals surface area contributed by atoms with E-state index in [4.69, 9.17) is 25.8 Å². The Morgan fingerprint density at radius 1 is 0.913 bits per heavy atom. The van der Waals surface area contributed by atoms with Crippen LogP contribution in [0.3, 0.4) is 0 Å². The lowest BCUT2D eigenvalue weighted by Gasteiger charge is -2.17. The highest BCUT2D eigenvalue weighted by molar-refractivity contribution is 7.99. The quantitative estimate of drug-likeness (QED) is 0.140. The average Bonchev–Trinajstić information content (AvgIpc) is 3.43. The molecule has 0 aliphatic heterocycles. The SMILES string of the molecule is CCOc1cc(C(=O)NCc2nnc(SCC(=O)Nc3ccccc3C(F)(F)F)n2-c2cccc(Cl)c2)cc(OCC)c1OCC. The number of alkyl halides is 3. The molecule has 4 aromatic rings. The van der Waals surface area contributed by atoms with Gasteiger partial charge in [0.15, 0.2) is 22.5 Å². The predicted octanol–water partition coefficient (Wildman–Crippen LogP) is 6.80. The fraction of sp³-hybridized carbons (Fsp3) is 0.290. The molecular weight excluding hydrogens is 647 g/mol. The van der Waals surface area contributed by atoms with Gasteiger partial charge in [-0.05, 0) is 63.2 Å². The highest BCUT2D eigenvalue weighted by Crippen LogP contribution is 2.39. The summed E-state index contributed by atoms with van der Waals surface area (Å²) in [7, 11) is 0. The monoisotopic (exact) mass is 677 g/mol. The van der Waals surface area contributed by atoms with Gasteiger partial charge in [-0.3, -0.25) is 14.2 Å². The Labute approximate surface area is 272 Å². The van der Waals surface area contributed by atoms with E-state index in [1.807, 2.05) is 20.8 Å². The van der Waals surface area contributed by atoms with Crippen LogP contribution in [0.2, 0.25) is 5.02 Å². The van der Waals surface area contributed by atoms with E-state index in [1.165, 1.54) is 18.2 Å². The lowest BCUT2D eigenvalue weighted by Crippen LogP contribution is -2.25. The minimum Gasteiger partial charge on any atom is -0.490 e. The highest BCUT2D eigenvalue weighted by Gasteiger charge is 2.33. The van der Waals surface area contributed by atoms with Gasteiger partial charge in [0, 0.05) is 10.6 Å². The lowest BCUT2D eigenvalue weighted by atomic mass is 10.1. The summed E-state index contributed by atoms with van der Waals surface area (Å²) in [6, 6.07) is 14.6. The smallest absolute Gasteiger partial charge is 0.418 e. The average molecular weight is 678 g/mol.